The molecule has 2 unspecified atom stereocenters. The highest BCUT2D eigenvalue weighted by Gasteiger charge is 2.49. The van der Waals surface area contributed by atoms with Crippen LogP contribution >= 0.6 is 0 Å². The number of imide groups is 1. The lowest BCUT2D eigenvalue weighted by Gasteiger charge is -2.26. The predicted octanol–water partition coefficient (Wildman–Crippen LogP) is 3.05. The Morgan fingerprint density at radius 3 is 2.42 bits per heavy atom. The molecule has 2 aliphatic rings. The zero-order chi connectivity index (χ0) is 23.8. The molecule has 4 amide bonds. The van der Waals surface area contributed by atoms with Crippen LogP contribution in [0.25, 0.3) is 0 Å². The molecule has 2 atom stereocenters. The van der Waals surface area contributed by atoms with Crippen molar-refractivity contribution >= 4 is 17.8 Å². The van der Waals surface area contributed by atoms with Crippen LogP contribution in [0.15, 0.2) is 42.5 Å². The third-order valence-corrected chi connectivity index (χ3v) is 6.11. The number of hydrogen-bond acceptors (Lipinski definition) is 5. The lowest BCUT2D eigenvalue weighted by Crippen LogP contribution is -2.44. The Morgan fingerprint density at radius 2 is 1.76 bits per heavy atom. The Bertz CT molecular complexity index is 1080. The molecular formula is C25H29N3O5. The maximum absolute atomic E-state index is 13.1. The summed E-state index contributed by atoms with van der Waals surface area (Å²) in [6.07, 6.45) is 0. The summed E-state index contributed by atoms with van der Waals surface area (Å²) < 4.78 is 11.2. The van der Waals surface area contributed by atoms with E-state index in [4.69, 9.17) is 9.47 Å². The third kappa shape index (κ3) is 4.37. The van der Waals surface area contributed by atoms with E-state index >= 15 is 0 Å². The second-order valence-corrected chi connectivity index (χ2v) is 9.00. The standard InChI is InChI=1S/C25H29N3O5/c1-15(2)22(17-7-10-19-20(13-17)33-12-11-32-19)26-21(29)14-28-23(30)25(4,27-24(28)31)18-8-5-16(3)6-9-18/h5-10,13,15,22H,11-12,14H2,1-4H3,(H,26,29)(H,27,31). The smallest absolute Gasteiger partial charge is 0.325 e. The Morgan fingerprint density at radius 1 is 1.09 bits per heavy atom. The lowest BCUT2D eigenvalue weighted by atomic mass is 9.91. The molecule has 0 aliphatic carbocycles. The number of aryl methyl sites for hydroxylation is 1. The molecule has 0 bridgehead atoms. The maximum Gasteiger partial charge on any atom is 0.325 e. The monoisotopic (exact) mass is 451 g/mol. The first-order valence-corrected chi connectivity index (χ1v) is 11.1. The fourth-order valence-corrected chi connectivity index (χ4v) is 4.17. The first-order chi connectivity index (χ1) is 15.7. The zero-order valence-electron chi connectivity index (χ0n) is 19.3. The molecule has 0 radical (unpaired) electrons. The molecular weight excluding hydrogens is 422 g/mol. The Kier molecular flexibility index (Phi) is 6.01. The van der Waals surface area contributed by atoms with Gasteiger partial charge in [0.25, 0.3) is 5.91 Å². The normalized spacial score (nSPS) is 20.6. The summed E-state index contributed by atoms with van der Waals surface area (Å²) in [5.41, 5.74) is 1.38. The van der Waals surface area contributed by atoms with E-state index in [0.717, 1.165) is 16.0 Å². The van der Waals surface area contributed by atoms with Crippen molar-refractivity contribution < 1.29 is 23.9 Å². The molecule has 174 valence electrons. The predicted molar refractivity (Wildman–Crippen MR) is 122 cm³/mol. The van der Waals surface area contributed by atoms with E-state index in [2.05, 4.69) is 10.6 Å². The minimum atomic E-state index is -1.21. The van der Waals surface area contributed by atoms with Gasteiger partial charge in [-0.15, -0.1) is 0 Å². The number of carbonyl (C=O) groups is 3. The van der Waals surface area contributed by atoms with Crippen molar-refractivity contribution in [3.8, 4) is 11.5 Å². The van der Waals surface area contributed by atoms with Crippen LogP contribution in [-0.2, 0) is 15.1 Å². The van der Waals surface area contributed by atoms with Crippen LogP contribution in [0.4, 0.5) is 4.79 Å². The van der Waals surface area contributed by atoms with Crippen LogP contribution in [-0.4, -0.2) is 42.5 Å². The van der Waals surface area contributed by atoms with E-state index in [0.29, 0.717) is 30.3 Å². The van der Waals surface area contributed by atoms with Crippen LogP contribution in [0.1, 0.15) is 43.5 Å². The summed E-state index contributed by atoms with van der Waals surface area (Å²) in [5.74, 6) is 0.514. The van der Waals surface area contributed by atoms with Crippen LogP contribution in [0.3, 0.4) is 0 Å². The summed E-state index contributed by atoms with van der Waals surface area (Å²) in [5, 5.41) is 5.71. The number of amides is 4. The maximum atomic E-state index is 13.1. The van der Waals surface area contributed by atoms with E-state index in [9.17, 15) is 14.4 Å². The minimum absolute atomic E-state index is 0.0671. The van der Waals surface area contributed by atoms with E-state index in [1.165, 1.54) is 0 Å². The quantitative estimate of drug-likeness (QED) is 0.658. The van der Waals surface area contributed by atoms with E-state index < -0.39 is 23.4 Å². The van der Waals surface area contributed by atoms with Crippen LogP contribution < -0.4 is 20.1 Å². The Labute approximate surface area is 193 Å². The molecule has 1 fully saturated rings. The van der Waals surface area contributed by atoms with Gasteiger partial charge in [-0.1, -0.05) is 49.7 Å². The summed E-state index contributed by atoms with van der Waals surface area (Å²) in [6.45, 7) is 8.20. The Hall–Kier alpha value is -3.55. The molecule has 0 spiro atoms. The van der Waals surface area contributed by atoms with E-state index in [1.807, 2.05) is 63.2 Å². The summed E-state index contributed by atoms with van der Waals surface area (Å²) in [4.78, 5) is 39.6. The largest absolute Gasteiger partial charge is 0.486 e. The molecule has 1 saturated heterocycles. The average molecular weight is 452 g/mol. The molecule has 8 heteroatoms. The number of fused-ring (bicyclic) bond motifs is 1. The first kappa shape index (κ1) is 22.6. The SMILES string of the molecule is Cc1ccc(C2(C)NC(=O)N(CC(=O)NC(c3ccc4c(c3)OCCO4)C(C)C)C2=O)cc1. The van der Waals surface area contributed by atoms with Crippen molar-refractivity contribution in [2.24, 2.45) is 5.92 Å². The highest BCUT2D eigenvalue weighted by atomic mass is 16.6. The van der Waals surface area contributed by atoms with Crippen molar-refractivity contribution in [2.75, 3.05) is 19.8 Å². The van der Waals surface area contributed by atoms with Gasteiger partial charge >= 0.3 is 6.03 Å². The van der Waals surface area contributed by atoms with E-state index in [-0.39, 0.29) is 18.5 Å². The first-order valence-electron chi connectivity index (χ1n) is 11.1. The second-order valence-electron chi connectivity index (χ2n) is 9.00. The molecule has 4 rings (SSSR count). The van der Waals surface area contributed by atoms with Crippen LogP contribution in [0.2, 0.25) is 0 Å². The molecule has 2 aliphatic heterocycles. The molecule has 33 heavy (non-hydrogen) atoms. The van der Waals surface area contributed by atoms with Gasteiger partial charge in [0.2, 0.25) is 5.91 Å². The molecule has 0 aromatic heterocycles. The average Bonchev–Trinajstić information content (AvgIpc) is 3.01. The van der Waals surface area contributed by atoms with Crippen molar-refractivity contribution in [1.82, 2.24) is 15.5 Å². The van der Waals surface area contributed by atoms with Crippen molar-refractivity contribution in [3.05, 3.63) is 59.2 Å². The van der Waals surface area contributed by atoms with Crippen molar-refractivity contribution in [3.63, 3.8) is 0 Å². The van der Waals surface area contributed by atoms with Crippen LogP contribution in [0, 0.1) is 12.8 Å². The van der Waals surface area contributed by atoms with Crippen molar-refractivity contribution in [2.45, 2.75) is 39.3 Å². The number of benzene rings is 2. The number of hydrogen-bond donors (Lipinski definition) is 2. The Balaban J connectivity index is 1.48. The number of ether oxygens (including phenoxy) is 2. The van der Waals surface area contributed by atoms with Crippen molar-refractivity contribution in [1.29, 1.82) is 0 Å². The molecule has 0 saturated carbocycles. The number of urea groups is 1. The highest BCUT2D eigenvalue weighted by molar-refractivity contribution is 6.09. The number of nitrogens with one attached hydrogen (secondary N) is 2. The second kappa shape index (κ2) is 8.77. The van der Waals surface area contributed by atoms with Gasteiger partial charge in [-0.05, 0) is 43.0 Å². The van der Waals surface area contributed by atoms with Gasteiger partial charge in [-0.25, -0.2) is 4.79 Å². The highest BCUT2D eigenvalue weighted by Crippen LogP contribution is 2.34. The lowest BCUT2D eigenvalue weighted by molar-refractivity contribution is -0.135. The van der Waals surface area contributed by atoms with E-state index in [1.54, 1.807) is 6.92 Å². The number of nitrogens with zero attached hydrogens (tertiary/aromatic N) is 1. The fraction of sp³-hybridized carbons (Fsp3) is 0.400. The molecule has 2 aromatic carbocycles. The molecule has 8 nitrogen and oxygen atoms in total. The summed E-state index contributed by atoms with van der Waals surface area (Å²) in [7, 11) is 0. The topological polar surface area (TPSA) is 97.0 Å². The zero-order valence-corrected chi connectivity index (χ0v) is 19.3. The van der Waals surface area contributed by atoms with Gasteiger partial charge in [0.05, 0.1) is 6.04 Å². The van der Waals surface area contributed by atoms with Gasteiger partial charge in [0, 0.05) is 0 Å². The van der Waals surface area contributed by atoms with Gasteiger partial charge < -0.3 is 20.1 Å². The van der Waals surface area contributed by atoms with Gasteiger partial charge in [0.15, 0.2) is 11.5 Å². The molecule has 2 N–H and O–H groups in total. The van der Waals surface area contributed by atoms with Crippen LogP contribution in [0.5, 0.6) is 11.5 Å². The fourth-order valence-electron chi connectivity index (χ4n) is 4.17. The number of rotatable bonds is 6. The summed E-state index contributed by atoms with van der Waals surface area (Å²) >= 11 is 0. The third-order valence-electron chi connectivity index (χ3n) is 6.11. The minimum Gasteiger partial charge on any atom is -0.486 e. The molecule has 2 heterocycles. The van der Waals surface area contributed by atoms with Gasteiger partial charge in [-0.3, -0.25) is 14.5 Å². The van der Waals surface area contributed by atoms with Gasteiger partial charge in [0.1, 0.15) is 25.3 Å². The number of carbonyl (C=O) groups excluding carboxylic acids is 3. The summed E-state index contributed by atoms with van der Waals surface area (Å²) in [6, 6.07) is 12.1. The molecule has 2 aromatic rings. The van der Waals surface area contributed by atoms with Gasteiger partial charge in [-0.2, -0.15) is 0 Å².